The molecule has 0 heterocycles. The van der Waals surface area contributed by atoms with Crippen LogP contribution >= 0.6 is 0 Å². The number of anilines is 1. The second-order valence-corrected chi connectivity index (χ2v) is 4.72. The van der Waals surface area contributed by atoms with Gasteiger partial charge in [0.1, 0.15) is 18.2 Å². The van der Waals surface area contributed by atoms with Crippen LogP contribution in [0.5, 0.6) is 0 Å². The van der Waals surface area contributed by atoms with Gasteiger partial charge in [-0.25, -0.2) is 8.78 Å². The van der Waals surface area contributed by atoms with Crippen molar-refractivity contribution < 1.29 is 18.4 Å². The number of halogens is 2. The lowest BCUT2D eigenvalue weighted by atomic mass is 10.2. The first-order valence-electron chi connectivity index (χ1n) is 6.67. The van der Waals surface area contributed by atoms with Gasteiger partial charge in [0.25, 0.3) is 0 Å². The molecular formula is C16H16F2N2O2. The Labute approximate surface area is 127 Å². The molecule has 0 aliphatic rings. The van der Waals surface area contributed by atoms with Crippen molar-refractivity contribution in [3.8, 4) is 0 Å². The third-order valence-electron chi connectivity index (χ3n) is 2.86. The number of nitrogens with zero attached hydrogens (tertiary/aromatic N) is 1. The van der Waals surface area contributed by atoms with Gasteiger partial charge in [0.2, 0.25) is 5.91 Å². The minimum atomic E-state index is -0.692. The number of nitrogens with one attached hydrogen (secondary N) is 1. The average Bonchev–Trinajstić information content (AvgIpc) is 2.50. The molecule has 1 N–H and O–H groups in total. The highest BCUT2D eigenvalue weighted by atomic mass is 19.1. The van der Waals surface area contributed by atoms with Gasteiger partial charge in [-0.1, -0.05) is 30.3 Å². The van der Waals surface area contributed by atoms with Crippen molar-refractivity contribution in [2.24, 2.45) is 0 Å². The molecular weight excluding hydrogens is 290 g/mol. The minimum Gasteiger partial charge on any atom is -0.322 e. The molecule has 0 bridgehead atoms. The Hall–Kier alpha value is -2.31. The first kappa shape index (κ1) is 16.1. The number of benzene rings is 2. The third kappa shape index (κ3) is 4.91. The van der Waals surface area contributed by atoms with Crippen LogP contribution < -0.4 is 5.32 Å². The van der Waals surface area contributed by atoms with Gasteiger partial charge in [-0.15, -0.1) is 0 Å². The van der Waals surface area contributed by atoms with Gasteiger partial charge in [0, 0.05) is 13.1 Å². The van der Waals surface area contributed by atoms with Crippen molar-refractivity contribution in [2.75, 3.05) is 18.9 Å². The zero-order chi connectivity index (χ0) is 15.9. The van der Waals surface area contributed by atoms with Crippen molar-refractivity contribution in [1.82, 2.24) is 5.06 Å². The average molecular weight is 306 g/mol. The molecule has 0 aliphatic heterocycles. The normalized spacial score (nSPS) is 10.7. The lowest BCUT2D eigenvalue weighted by Crippen LogP contribution is -2.30. The van der Waals surface area contributed by atoms with E-state index < -0.39 is 17.5 Å². The zero-order valence-electron chi connectivity index (χ0n) is 12.1. The van der Waals surface area contributed by atoms with Gasteiger partial charge < -0.3 is 5.32 Å². The summed E-state index contributed by atoms with van der Waals surface area (Å²) < 4.78 is 26.4. The Bertz CT molecular complexity index is 635. The maximum atomic E-state index is 13.4. The molecule has 2 aromatic carbocycles. The summed E-state index contributed by atoms with van der Waals surface area (Å²) in [5, 5.41) is 3.64. The summed E-state index contributed by atoms with van der Waals surface area (Å²) in [6.07, 6.45) is 0. The monoisotopic (exact) mass is 306 g/mol. The van der Waals surface area contributed by atoms with Gasteiger partial charge in [-0.3, -0.25) is 9.63 Å². The molecule has 116 valence electrons. The predicted molar refractivity (Wildman–Crippen MR) is 78.8 cm³/mol. The summed E-state index contributed by atoms with van der Waals surface area (Å²) >= 11 is 0. The van der Waals surface area contributed by atoms with Crippen molar-refractivity contribution >= 4 is 11.6 Å². The summed E-state index contributed by atoms with van der Waals surface area (Å²) in [7, 11) is 1.59. The van der Waals surface area contributed by atoms with E-state index in [0.717, 1.165) is 23.8 Å². The largest absolute Gasteiger partial charge is 0.322 e. The van der Waals surface area contributed by atoms with E-state index >= 15 is 0 Å². The van der Waals surface area contributed by atoms with Crippen LogP contribution in [0.3, 0.4) is 0 Å². The van der Waals surface area contributed by atoms with E-state index in [2.05, 4.69) is 5.32 Å². The van der Waals surface area contributed by atoms with E-state index in [1.165, 1.54) is 5.06 Å². The van der Waals surface area contributed by atoms with Crippen molar-refractivity contribution in [1.29, 1.82) is 0 Å². The molecule has 0 saturated heterocycles. The lowest BCUT2D eigenvalue weighted by Gasteiger charge is -2.16. The molecule has 2 rings (SSSR count). The van der Waals surface area contributed by atoms with E-state index in [1.54, 1.807) is 7.05 Å². The van der Waals surface area contributed by atoms with Gasteiger partial charge in [0.15, 0.2) is 0 Å². The Kier molecular flexibility index (Phi) is 5.57. The van der Waals surface area contributed by atoms with Crippen LogP contribution in [-0.4, -0.2) is 24.6 Å². The SMILES string of the molecule is CN(CC(=O)Nc1cc(F)ccc1F)OCc1ccccc1. The fraction of sp³-hybridized carbons (Fsp3) is 0.188. The van der Waals surface area contributed by atoms with Crippen molar-refractivity contribution in [3.05, 3.63) is 65.7 Å². The maximum Gasteiger partial charge on any atom is 0.241 e. The van der Waals surface area contributed by atoms with E-state index in [4.69, 9.17) is 4.84 Å². The third-order valence-corrected chi connectivity index (χ3v) is 2.86. The van der Waals surface area contributed by atoms with Crippen molar-refractivity contribution in [2.45, 2.75) is 6.61 Å². The fourth-order valence-electron chi connectivity index (χ4n) is 1.79. The number of hydrogen-bond donors (Lipinski definition) is 1. The zero-order valence-corrected chi connectivity index (χ0v) is 12.1. The summed E-state index contributed by atoms with van der Waals surface area (Å²) in [5.74, 6) is -1.81. The molecule has 1 amide bonds. The van der Waals surface area contributed by atoms with Crippen LogP contribution in [0.25, 0.3) is 0 Å². The van der Waals surface area contributed by atoms with Crippen LogP contribution in [-0.2, 0) is 16.2 Å². The molecule has 0 atom stereocenters. The van der Waals surface area contributed by atoms with Gasteiger partial charge in [-0.05, 0) is 17.7 Å². The minimum absolute atomic E-state index is 0.108. The Balaban J connectivity index is 1.82. The van der Waals surface area contributed by atoms with Crippen LogP contribution in [0.1, 0.15) is 5.56 Å². The number of carbonyl (C=O) groups is 1. The number of likely N-dealkylation sites (N-methyl/N-ethyl adjacent to an activating group) is 1. The molecule has 0 spiro atoms. The number of amides is 1. The van der Waals surface area contributed by atoms with Crippen molar-refractivity contribution in [3.63, 3.8) is 0 Å². The van der Waals surface area contributed by atoms with Crippen LogP contribution in [0, 0.1) is 11.6 Å². The fourth-order valence-corrected chi connectivity index (χ4v) is 1.79. The number of carbonyl (C=O) groups excluding carboxylic acids is 1. The maximum absolute atomic E-state index is 13.4. The van der Waals surface area contributed by atoms with Crippen LogP contribution in [0.4, 0.5) is 14.5 Å². The molecule has 0 aliphatic carbocycles. The molecule has 22 heavy (non-hydrogen) atoms. The molecule has 2 aromatic rings. The summed E-state index contributed by atoms with van der Waals surface area (Å²) in [4.78, 5) is 17.2. The summed E-state index contributed by atoms with van der Waals surface area (Å²) in [5.41, 5.74) is 0.771. The van der Waals surface area contributed by atoms with Gasteiger partial charge >= 0.3 is 0 Å². The van der Waals surface area contributed by atoms with Crippen LogP contribution in [0.2, 0.25) is 0 Å². The van der Waals surface area contributed by atoms with E-state index in [-0.39, 0.29) is 12.2 Å². The Morgan fingerprint density at radius 1 is 1.18 bits per heavy atom. The number of rotatable bonds is 6. The standard InChI is InChI=1S/C16H16F2N2O2/c1-20(22-11-12-5-3-2-4-6-12)10-16(21)19-15-9-13(17)7-8-14(15)18/h2-9H,10-11H2,1H3,(H,19,21). The first-order chi connectivity index (χ1) is 10.5. The summed E-state index contributed by atoms with van der Waals surface area (Å²) in [6, 6.07) is 12.3. The quantitative estimate of drug-likeness (QED) is 0.834. The first-order valence-corrected chi connectivity index (χ1v) is 6.67. The van der Waals surface area contributed by atoms with E-state index in [9.17, 15) is 13.6 Å². The van der Waals surface area contributed by atoms with Gasteiger partial charge in [0.05, 0.1) is 12.3 Å². The second kappa shape index (κ2) is 7.63. The Morgan fingerprint density at radius 3 is 2.64 bits per heavy atom. The molecule has 0 fully saturated rings. The smallest absolute Gasteiger partial charge is 0.241 e. The second-order valence-electron chi connectivity index (χ2n) is 4.72. The molecule has 0 radical (unpaired) electrons. The number of hydroxylamine groups is 2. The molecule has 4 nitrogen and oxygen atoms in total. The molecule has 0 unspecified atom stereocenters. The van der Waals surface area contributed by atoms with Gasteiger partial charge in [-0.2, -0.15) is 5.06 Å². The lowest BCUT2D eigenvalue weighted by molar-refractivity contribution is -0.158. The highest BCUT2D eigenvalue weighted by molar-refractivity contribution is 5.92. The van der Waals surface area contributed by atoms with Crippen LogP contribution in [0.15, 0.2) is 48.5 Å². The predicted octanol–water partition coefficient (Wildman–Crippen LogP) is 2.97. The summed E-state index contributed by atoms with van der Waals surface area (Å²) in [6.45, 7) is 0.210. The topological polar surface area (TPSA) is 41.6 Å². The van der Waals surface area contributed by atoms with E-state index in [0.29, 0.717) is 6.61 Å². The highest BCUT2D eigenvalue weighted by Crippen LogP contribution is 2.15. The Morgan fingerprint density at radius 2 is 1.91 bits per heavy atom. The highest BCUT2D eigenvalue weighted by Gasteiger charge is 2.11. The number of hydrogen-bond acceptors (Lipinski definition) is 3. The van der Waals surface area contributed by atoms with E-state index in [1.807, 2.05) is 30.3 Å². The molecule has 0 saturated carbocycles. The molecule has 6 heteroatoms. The molecule has 0 aromatic heterocycles.